The highest BCUT2D eigenvalue weighted by atomic mass is 32.1. The van der Waals surface area contributed by atoms with E-state index in [-0.39, 0.29) is 23.7 Å². The number of ether oxygens (including phenoxy) is 3. The normalized spacial score (nSPS) is 11.1. The van der Waals surface area contributed by atoms with Crippen LogP contribution in [0.25, 0.3) is 21.0 Å². The van der Waals surface area contributed by atoms with Gasteiger partial charge in [-0.1, -0.05) is 59.9 Å². The first-order valence-electron chi connectivity index (χ1n) is 12.9. The van der Waals surface area contributed by atoms with E-state index in [2.05, 4.69) is 0 Å². The monoisotopic (exact) mass is 569 g/mol. The molecule has 0 aliphatic heterocycles. The second-order valence-electron chi connectivity index (χ2n) is 9.39. The highest BCUT2D eigenvalue weighted by molar-refractivity contribution is 7.16. The number of thiazole rings is 1. The molecule has 1 heterocycles. The number of esters is 2. The number of benzene rings is 4. The van der Waals surface area contributed by atoms with Crippen LogP contribution < -0.4 is 9.61 Å². The molecule has 0 fully saturated rings. The molecule has 9 heteroatoms. The number of fused-ring (bicyclic) bond motifs is 2. The largest absolute Gasteiger partial charge is 0.492 e. The van der Waals surface area contributed by atoms with Crippen molar-refractivity contribution in [1.82, 2.24) is 4.57 Å². The Hall–Kier alpha value is -4.76. The predicted molar refractivity (Wildman–Crippen MR) is 157 cm³/mol. The summed E-state index contributed by atoms with van der Waals surface area (Å²) in [7, 11) is 2.45. The minimum atomic E-state index is -1.04. The van der Waals surface area contributed by atoms with Gasteiger partial charge in [-0.15, -0.1) is 0 Å². The van der Waals surface area contributed by atoms with Gasteiger partial charge in [0.05, 0.1) is 31.0 Å². The number of ketones is 1. The van der Waals surface area contributed by atoms with E-state index in [0.717, 1.165) is 37.9 Å². The number of nitrogens with zero attached hydrogens (tertiary/aromatic N) is 1. The van der Waals surface area contributed by atoms with Gasteiger partial charge in [-0.05, 0) is 59.2 Å². The Morgan fingerprint density at radius 2 is 1.46 bits per heavy atom. The van der Waals surface area contributed by atoms with Crippen LogP contribution in [0.15, 0.2) is 89.7 Å². The molecule has 208 valence electrons. The Morgan fingerprint density at radius 1 is 0.805 bits per heavy atom. The number of hydrogen-bond donors (Lipinski definition) is 0. The molecule has 1 aromatic heterocycles. The highest BCUT2D eigenvalue weighted by Gasteiger charge is 2.28. The SMILES string of the molecule is COC(=O)C(Cc1ccc(OCCn2c(=O)sc3cc(C(=O)c4ccc5ccccc5c4)ccc32)cc1)C(=O)OC. The fourth-order valence-electron chi connectivity index (χ4n) is 4.68. The van der Waals surface area contributed by atoms with Crippen molar-refractivity contribution in [3.05, 3.63) is 111 Å². The molecule has 4 aromatic carbocycles. The Balaban J connectivity index is 1.24. The van der Waals surface area contributed by atoms with Crippen LogP contribution in [0, 0.1) is 5.92 Å². The Kier molecular flexibility index (Phi) is 8.26. The highest BCUT2D eigenvalue weighted by Crippen LogP contribution is 2.23. The van der Waals surface area contributed by atoms with Gasteiger partial charge >= 0.3 is 16.8 Å². The minimum absolute atomic E-state index is 0.0960. The van der Waals surface area contributed by atoms with E-state index in [4.69, 9.17) is 14.2 Å². The quantitative estimate of drug-likeness (QED) is 0.132. The maximum Gasteiger partial charge on any atom is 0.320 e. The fourth-order valence-corrected chi connectivity index (χ4v) is 5.63. The molecule has 0 spiro atoms. The molecule has 8 nitrogen and oxygen atoms in total. The predicted octanol–water partition coefficient (Wildman–Crippen LogP) is 5.03. The van der Waals surface area contributed by atoms with Crippen LogP contribution >= 0.6 is 11.3 Å². The van der Waals surface area contributed by atoms with Gasteiger partial charge in [0.15, 0.2) is 11.7 Å². The first kappa shape index (κ1) is 27.8. The zero-order valence-corrected chi connectivity index (χ0v) is 23.3. The van der Waals surface area contributed by atoms with Crippen molar-refractivity contribution >= 4 is 50.0 Å². The molecule has 5 rings (SSSR count). The molecule has 0 unspecified atom stereocenters. The minimum Gasteiger partial charge on any atom is -0.492 e. The molecular weight excluding hydrogens is 542 g/mol. The summed E-state index contributed by atoms with van der Waals surface area (Å²) in [6.45, 7) is 0.571. The van der Waals surface area contributed by atoms with Gasteiger partial charge in [0.25, 0.3) is 0 Å². The topological polar surface area (TPSA) is 101 Å². The van der Waals surface area contributed by atoms with E-state index >= 15 is 0 Å². The average molecular weight is 570 g/mol. The Morgan fingerprint density at radius 3 is 2.17 bits per heavy atom. The maximum atomic E-state index is 13.2. The van der Waals surface area contributed by atoms with Gasteiger partial charge in [0.2, 0.25) is 0 Å². The van der Waals surface area contributed by atoms with E-state index in [1.54, 1.807) is 47.0 Å². The van der Waals surface area contributed by atoms with Crippen molar-refractivity contribution in [3.63, 3.8) is 0 Å². The average Bonchev–Trinajstić information content (AvgIpc) is 3.33. The Labute approximate surface area is 239 Å². The van der Waals surface area contributed by atoms with Gasteiger partial charge in [-0.2, -0.15) is 0 Å². The van der Waals surface area contributed by atoms with E-state index in [9.17, 15) is 19.2 Å². The molecule has 0 bridgehead atoms. The number of hydrogen-bond acceptors (Lipinski definition) is 8. The summed E-state index contributed by atoms with van der Waals surface area (Å²) in [5.74, 6) is -1.87. The third kappa shape index (κ3) is 6.05. The fraction of sp³-hybridized carbons (Fsp3) is 0.188. The van der Waals surface area contributed by atoms with Crippen LogP contribution in [0.2, 0.25) is 0 Å². The second-order valence-corrected chi connectivity index (χ2v) is 10.4. The lowest BCUT2D eigenvalue weighted by Gasteiger charge is -2.13. The third-order valence-electron chi connectivity index (χ3n) is 6.86. The van der Waals surface area contributed by atoms with Gasteiger partial charge in [0, 0.05) is 11.1 Å². The van der Waals surface area contributed by atoms with Crippen molar-refractivity contribution in [3.8, 4) is 5.75 Å². The standard InChI is InChI=1S/C32H27NO7S/c1-38-30(35)26(31(36)39-2)17-20-7-12-25(13-8-20)40-16-15-33-27-14-11-24(19-28(27)41-32(33)37)29(34)23-10-9-21-5-3-4-6-22(21)18-23/h3-14,18-19,26H,15-17H2,1-2H3. The molecular formula is C32H27NO7S. The summed E-state index contributed by atoms with van der Waals surface area (Å²) >= 11 is 1.09. The molecule has 41 heavy (non-hydrogen) atoms. The van der Waals surface area contributed by atoms with E-state index in [1.165, 1.54) is 14.2 Å². The lowest BCUT2D eigenvalue weighted by Crippen LogP contribution is -2.28. The lowest BCUT2D eigenvalue weighted by atomic mass is 9.99. The van der Waals surface area contributed by atoms with Crippen LogP contribution in [-0.4, -0.2) is 43.1 Å². The van der Waals surface area contributed by atoms with Gasteiger partial charge in [-0.3, -0.25) is 23.7 Å². The van der Waals surface area contributed by atoms with Gasteiger partial charge in [-0.25, -0.2) is 0 Å². The van der Waals surface area contributed by atoms with Gasteiger partial charge in [0.1, 0.15) is 12.4 Å². The molecule has 5 aromatic rings. The molecule has 0 atom stereocenters. The van der Waals surface area contributed by atoms with Crippen LogP contribution in [-0.2, 0) is 32.0 Å². The van der Waals surface area contributed by atoms with Crippen molar-refractivity contribution < 1.29 is 28.6 Å². The van der Waals surface area contributed by atoms with Crippen LogP contribution in [0.3, 0.4) is 0 Å². The van der Waals surface area contributed by atoms with Crippen molar-refractivity contribution in [2.24, 2.45) is 5.92 Å². The smallest absolute Gasteiger partial charge is 0.320 e. The summed E-state index contributed by atoms with van der Waals surface area (Å²) in [5, 5.41) is 2.06. The van der Waals surface area contributed by atoms with Gasteiger partial charge < -0.3 is 14.2 Å². The number of carbonyl (C=O) groups is 3. The van der Waals surface area contributed by atoms with Crippen molar-refractivity contribution in [1.29, 1.82) is 0 Å². The summed E-state index contributed by atoms with van der Waals surface area (Å²) in [4.78, 5) is 49.7. The number of carbonyl (C=O) groups excluding carboxylic acids is 3. The summed E-state index contributed by atoms with van der Waals surface area (Å²) in [6, 6.07) is 25.8. The third-order valence-corrected chi connectivity index (χ3v) is 7.80. The summed E-state index contributed by atoms with van der Waals surface area (Å²) in [6.07, 6.45) is 0.140. The first-order valence-corrected chi connectivity index (χ1v) is 13.7. The Bertz CT molecular complexity index is 1790. The van der Waals surface area contributed by atoms with E-state index < -0.39 is 17.9 Å². The van der Waals surface area contributed by atoms with E-state index in [0.29, 0.717) is 23.4 Å². The second kappa shape index (κ2) is 12.2. The maximum absolute atomic E-state index is 13.2. The van der Waals surface area contributed by atoms with Crippen LogP contribution in [0.5, 0.6) is 5.75 Å². The molecule has 0 N–H and O–H groups in total. The number of rotatable bonds is 10. The molecule has 0 saturated carbocycles. The van der Waals surface area contributed by atoms with Crippen LogP contribution in [0.1, 0.15) is 21.5 Å². The van der Waals surface area contributed by atoms with E-state index in [1.807, 2.05) is 42.5 Å². The number of methoxy groups -OCH3 is 2. The van der Waals surface area contributed by atoms with Crippen molar-refractivity contribution in [2.75, 3.05) is 20.8 Å². The first-order chi connectivity index (χ1) is 19.9. The van der Waals surface area contributed by atoms with Crippen LogP contribution in [0.4, 0.5) is 0 Å². The lowest BCUT2D eigenvalue weighted by molar-refractivity contribution is -0.158. The van der Waals surface area contributed by atoms with Crippen molar-refractivity contribution in [2.45, 2.75) is 13.0 Å². The zero-order chi connectivity index (χ0) is 28.9. The molecule has 0 amide bonds. The zero-order valence-electron chi connectivity index (χ0n) is 22.5. The number of aromatic nitrogens is 1. The summed E-state index contributed by atoms with van der Waals surface area (Å²) in [5.41, 5.74) is 2.61. The molecule has 0 aliphatic carbocycles. The summed E-state index contributed by atoms with van der Waals surface area (Å²) < 4.78 is 17.6. The molecule has 0 aliphatic rings. The molecule has 0 radical (unpaired) electrons. The molecule has 0 saturated heterocycles.